The Labute approximate surface area is 103 Å². The van der Waals surface area contributed by atoms with Gasteiger partial charge in [0.25, 0.3) is 0 Å². The van der Waals surface area contributed by atoms with Gasteiger partial charge in [0, 0.05) is 24.5 Å². The molecular weight excluding hydrogens is 232 g/mol. The third-order valence-electron chi connectivity index (χ3n) is 3.09. The summed E-state index contributed by atoms with van der Waals surface area (Å²) >= 11 is 0. The standard InChI is InChI=1S/C12H12N4O2/c13-7-1-3-10-14-9(6-16(10)5-7)8-2-4-11(17)15-12(8)18/h1,3,5-6,8H,2,4,13H2,(H,15,17,18). The molecule has 1 unspecified atom stereocenters. The molecule has 6 nitrogen and oxygen atoms in total. The Hall–Kier alpha value is -2.37. The highest BCUT2D eigenvalue weighted by Gasteiger charge is 2.29. The largest absolute Gasteiger partial charge is 0.398 e. The van der Waals surface area contributed by atoms with Crippen molar-refractivity contribution >= 4 is 23.1 Å². The van der Waals surface area contributed by atoms with Crippen molar-refractivity contribution in [1.82, 2.24) is 14.7 Å². The molecule has 2 aromatic rings. The van der Waals surface area contributed by atoms with Crippen LogP contribution in [0.25, 0.3) is 5.65 Å². The first-order valence-electron chi connectivity index (χ1n) is 5.71. The first-order chi connectivity index (χ1) is 8.63. The fourth-order valence-corrected chi connectivity index (χ4v) is 2.17. The first kappa shape index (κ1) is 10.8. The minimum Gasteiger partial charge on any atom is -0.398 e. The van der Waals surface area contributed by atoms with E-state index in [0.29, 0.717) is 24.2 Å². The highest BCUT2D eigenvalue weighted by atomic mass is 16.2. The first-order valence-corrected chi connectivity index (χ1v) is 5.71. The van der Waals surface area contributed by atoms with E-state index in [0.717, 1.165) is 5.65 Å². The summed E-state index contributed by atoms with van der Waals surface area (Å²) in [5, 5.41) is 2.33. The number of piperidine rings is 1. The fraction of sp³-hybridized carbons (Fsp3) is 0.250. The molecule has 92 valence electrons. The number of anilines is 1. The Kier molecular flexibility index (Phi) is 2.29. The highest BCUT2D eigenvalue weighted by Crippen LogP contribution is 2.24. The van der Waals surface area contributed by atoms with Gasteiger partial charge in [0.05, 0.1) is 11.6 Å². The number of nitrogens with two attached hydrogens (primary N) is 1. The third-order valence-corrected chi connectivity index (χ3v) is 3.09. The van der Waals surface area contributed by atoms with Crippen LogP contribution >= 0.6 is 0 Å². The molecule has 2 aromatic heterocycles. The van der Waals surface area contributed by atoms with Crippen molar-refractivity contribution in [2.45, 2.75) is 18.8 Å². The van der Waals surface area contributed by atoms with Crippen molar-refractivity contribution in [2.24, 2.45) is 0 Å². The van der Waals surface area contributed by atoms with E-state index in [1.54, 1.807) is 28.9 Å². The number of amides is 2. The number of imidazole rings is 1. The maximum atomic E-state index is 11.7. The van der Waals surface area contributed by atoms with Crippen LogP contribution in [0.4, 0.5) is 5.69 Å². The maximum Gasteiger partial charge on any atom is 0.235 e. The molecule has 1 aliphatic heterocycles. The summed E-state index contributed by atoms with van der Waals surface area (Å²) in [6.45, 7) is 0. The molecule has 1 saturated heterocycles. The van der Waals surface area contributed by atoms with Crippen LogP contribution in [0, 0.1) is 0 Å². The van der Waals surface area contributed by atoms with Crippen LogP contribution in [0.3, 0.4) is 0 Å². The van der Waals surface area contributed by atoms with E-state index in [1.165, 1.54) is 0 Å². The molecule has 0 bridgehead atoms. The normalized spacial score (nSPS) is 20.1. The lowest BCUT2D eigenvalue weighted by atomic mass is 9.95. The molecule has 0 aliphatic carbocycles. The smallest absolute Gasteiger partial charge is 0.235 e. The van der Waals surface area contributed by atoms with Gasteiger partial charge in [-0.05, 0) is 18.6 Å². The maximum absolute atomic E-state index is 11.7. The third kappa shape index (κ3) is 1.71. The average molecular weight is 244 g/mol. The number of nitrogens with zero attached hydrogens (tertiary/aromatic N) is 2. The zero-order chi connectivity index (χ0) is 12.7. The summed E-state index contributed by atoms with van der Waals surface area (Å²) in [4.78, 5) is 27.2. The second-order valence-corrected chi connectivity index (χ2v) is 4.40. The van der Waals surface area contributed by atoms with Gasteiger partial charge in [0.15, 0.2) is 0 Å². The van der Waals surface area contributed by atoms with Gasteiger partial charge in [-0.15, -0.1) is 0 Å². The molecule has 0 aromatic carbocycles. The number of pyridine rings is 1. The monoisotopic (exact) mass is 244 g/mol. The van der Waals surface area contributed by atoms with Gasteiger partial charge in [0.1, 0.15) is 5.65 Å². The second kappa shape index (κ2) is 3.83. The Morgan fingerprint density at radius 3 is 2.94 bits per heavy atom. The van der Waals surface area contributed by atoms with E-state index in [2.05, 4.69) is 10.3 Å². The molecule has 1 atom stereocenters. The van der Waals surface area contributed by atoms with Crippen LogP contribution < -0.4 is 11.1 Å². The summed E-state index contributed by atoms with van der Waals surface area (Å²) in [5.74, 6) is -0.851. The van der Waals surface area contributed by atoms with E-state index in [1.807, 2.05) is 0 Å². The van der Waals surface area contributed by atoms with Gasteiger partial charge < -0.3 is 10.1 Å². The number of hydrogen-bond donors (Lipinski definition) is 2. The van der Waals surface area contributed by atoms with Gasteiger partial charge in [-0.2, -0.15) is 0 Å². The van der Waals surface area contributed by atoms with Gasteiger partial charge in [-0.3, -0.25) is 14.9 Å². The van der Waals surface area contributed by atoms with Crippen LogP contribution in [0.1, 0.15) is 24.5 Å². The van der Waals surface area contributed by atoms with Gasteiger partial charge in [-0.1, -0.05) is 0 Å². The molecule has 1 fully saturated rings. The molecule has 1 aliphatic rings. The predicted octanol–water partition coefficient (Wildman–Crippen LogP) is 0.437. The number of carbonyl (C=O) groups is 2. The van der Waals surface area contributed by atoms with Crippen molar-refractivity contribution in [3.8, 4) is 0 Å². The zero-order valence-electron chi connectivity index (χ0n) is 9.59. The number of nitrogen functional groups attached to an aromatic ring is 1. The zero-order valence-corrected chi connectivity index (χ0v) is 9.59. The summed E-state index contributed by atoms with van der Waals surface area (Å²) in [6.07, 6.45) is 4.39. The second-order valence-electron chi connectivity index (χ2n) is 4.40. The van der Waals surface area contributed by atoms with E-state index in [9.17, 15) is 9.59 Å². The lowest BCUT2D eigenvalue weighted by Gasteiger charge is -2.18. The number of carbonyl (C=O) groups excluding carboxylic acids is 2. The molecule has 18 heavy (non-hydrogen) atoms. The minimum absolute atomic E-state index is 0.218. The Bertz CT molecular complexity index is 647. The number of imide groups is 1. The molecular formula is C12H12N4O2. The number of hydrogen-bond acceptors (Lipinski definition) is 4. The molecule has 0 saturated carbocycles. The summed E-state index contributed by atoms with van der Waals surface area (Å²) in [6, 6.07) is 3.56. The minimum atomic E-state index is -0.358. The van der Waals surface area contributed by atoms with Crippen LogP contribution in [-0.2, 0) is 9.59 Å². The summed E-state index contributed by atoms with van der Waals surface area (Å²) in [5.41, 5.74) is 7.73. The molecule has 2 amide bonds. The van der Waals surface area contributed by atoms with Gasteiger partial charge >= 0.3 is 0 Å². The molecule has 3 N–H and O–H groups in total. The number of nitrogens with one attached hydrogen (secondary N) is 1. The molecule has 3 heterocycles. The van der Waals surface area contributed by atoms with Crippen molar-refractivity contribution in [3.05, 3.63) is 30.2 Å². The molecule has 0 radical (unpaired) electrons. The number of rotatable bonds is 1. The highest BCUT2D eigenvalue weighted by molar-refractivity contribution is 6.00. The topological polar surface area (TPSA) is 89.5 Å². The van der Waals surface area contributed by atoms with Crippen LogP contribution in [-0.4, -0.2) is 21.2 Å². The molecule has 3 rings (SSSR count). The average Bonchev–Trinajstić information content (AvgIpc) is 2.71. The van der Waals surface area contributed by atoms with Crippen LogP contribution in [0.5, 0.6) is 0 Å². The lowest BCUT2D eigenvalue weighted by molar-refractivity contribution is -0.134. The summed E-state index contributed by atoms with van der Waals surface area (Å²) < 4.78 is 1.79. The Morgan fingerprint density at radius 2 is 2.17 bits per heavy atom. The van der Waals surface area contributed by atoms with Gasteiger partial charge in [0.2, 0.25) is 11.8 Å². The fourth-order valence-electron chi connectivity index (χ4n) is 2.17. The number of aromatic nitrogens is 2. The van der Waals surface area contributed by atoms with Crippen molar-refractivity contribution in [3.63, 3.8) is 0 Å². The number of fused-ring (bicyclic) bond motifs is 1. The van der Waals surface area contributed by atoms with Gasteiger partial charge in [-0.25, -0.2) is 4.98 Å². The quantitative estimate of drug-likeness (QED) is 0.712. The Balaban J connectivity index is 1.99. The van der Waals surface area contributed by atoms with E-state index in [-0.39, 0.29) is 17.7 Å². The van der Waals surface area contributed by atoms with E-state index < -0.39 is 0 Å². The molecule has 0 spiro atoms. The van der Waals surface area contributed by atoms with E-state index >= 15 is 0 Å². The SMILES string of the molecule is Nc1ccc2nc(C3CCC(=O)NC3=O)cn2c1. The van der Waals surface area contributed by atoms with Crippen LogP contribution in [0.15, 0.2) is 24.5 Å². The van der Waals surface area contributed by atoms with Crippen molar-refractivity contribution < 1.29 is 9.59 Å². The summed E-state index contributed by atoms with van der Waals surface area (Å²) in [7, 11) is 0. The van der Waals surface area contributed by atoms with Crippen molar-refractivity contribution in [1.29, 1.82) is 0 Å². The van der Waals surface area contributed by atoms with E-state index in [4.69, 9.17) is 5.73 Å². The molecule has 6 heteroatoms. The van der Waals surface area contributed by atoms with Crippen LogP contribution in [0.2, 0.25) is 0 Å². The Morgan fingerprint density at radius 1 is 1.33 bits per heavy atom. The predicted molar refractivity (Wildman–Crippen MR) is 64.7 cm³/mol. The lowest BCUT2D eigenvalue weighted by Crippen LogP contribution is -2.39. The van der Waals surface area contributed by atoms with Crippen molar-refractivity contribution in [2.75, 3.05) is 5.73 Å².